The molecule has 1 atom stereocenters. The Labute approximate surface area is 114 Å². The van der Waals surface area contributed by atoms with Gasteiger partial charge in [0.05, 0.1) is 6.04 Å². The van der Waals surface area contributed by atoms with Gasteiger partial charge in [0.2, 0.25) is 0 Å². The fourth-order valence-corrected chi connectivity index (χ4v) is 2.30. The highest BCUT2D eigenvalue weighted by Crippen LogP contribution is 2.28. The molecule has 0 aliphatic carbocycles. The van der Waals surface area contributed by atoms with Crippen LogP contribution in [0.1, 0.15) is 45.4 Å². The Morgan fingerprint density at radius 2 is 2.05 bits per heavy atom. The first-order chi connectivity index (χ1) is 9.10. The number of furan rings is 1. The number of hydrogen-bond donors (Lipinski definition) is 1. The van der Waals surface area contributed by atoms with Gasteiger partial charge in [-0.25, -0.2) is 4.39 Å². The zero-order chi connectivity index (χ0) is 13.8. The molecule has 0 fully saturated rings. The SMILES string of the molecule is CCCNC(CC(C)C)c1cc2cc(F)ccc2o1. The number of halogens is 1. The Balaban J connectivity index is 2.26. The molecule has 1 N–H and O–H groups in total. The largest absolute Gasteiger partial charge is 0.459 e. The normalized spacial score (nSPS) is 13.3. The maximum atomic E-state index is 13.2. The summed E-state index contributed by atoms with van der Waals surface area (Å²) in [6.07, 6.45) is 2.10. The first-order valence-electron chi connectivity index (χ1n) is 7.02. The summed E-state index contributed by atoms with van der Waals surface area (Å²) in [5, 5.41) is 4.34. The summed E-state index contributed by atoms with van der Waals surface area (Å²) in [6, 6.07) is 6.81. The average Bonchev–Trinajstić information content (AvgIpc) is 2.76. The molecule has 1 unspecified atom stereocenters. The van der Waals surface area contributed by atoms with E-state index in [-0.39, 0.29) is 11.9 Å². The average molecular weight is 263 g/mol. The van der Waals surface area contributed by atoms with E-state index in [2.05, 4.69) is 26.1 Å². The van der Waals surface area contributed by atoms with Gasteiger partial charge in [-0.2, -0.15) is 0 Å². The van der Waals surface area contributed by atoms with Crippen molar-refractivity contribution < 1.29 is 8.81 Å². The van der Waals surface area contributed by atoms with E-state index in [1.165, 1.54) is 12.1 Å². The molecule has 0 radical (unpaired) electrons. The van der Waals surface area contributed by atoms with Crippen LogP contribution in [0.25, 0.3) is 11.0 Å². The summed E-state index contributed by atoms with van der Waals surface area (Å²) in [7, 11) is 0. The molecule has 0 aliphatic heterocycles. The van der Waals surface area contributed by atoms with Crippen molar-refractivity contribution in [1.29, 1.82) is 0 Å². The van der Waals surface area contributed by atoms with Gasteiger partial charge in [0.1, 0.15) is 17.2 Å². The van der Waals surface area contributed by atoms with Gasteiger partial charge in [0.25, 0.3) is 0 Å². The first kappa shape index (κ1) is 14.1. The Morgan fingerprint density at radius 1 is 1.26 bits per heavy atom. The van der Waals surface area contributed by atoms with Crippen molar-refractivity contribution in [2.24, 2.45) is 5.92 Å². The van der Waals surface area contributed by atoms with Crippen molar-refractivity contribution in [3.63, 3.8) is 0 Å². The summed E-state index contributed by atoms with van der Waals surface area (Å²) in [6.45, 7) is 7.50. The second kappa shape index (κ2) is 6.20. The molecule has 1 aromatic carbocycles. The van der Waals surface area contributed by atoms with Crippen LogP contribution in [0, 0.1) is 11.7 Å². The van der Waals surface area contributed by atoms with Gasteiger partial charge < -0.3 is 9.73 Å². The summed E-state index contributed by atoms with van der Waals surface area (Å²) in [5.74, 6) is 1.27. The van der Waals surface area contributed by atoms with Crippen molar-refractivity contribution in [3.05, 3.63) is 35.8 Å². The minimum Gasteiger partial charge on any atom is -0.459 e. The van der Waals surface area contributed by atoms with E-state index in [1.807, 2.05) is 6.07 Å². The Morgan fingerprint density at radius 3 is 2.74 bits per heavy atom. The van der Waals surface area contributed by atoms with E-state index in [0.29, 0.717) is 5.92 Å². The highest BCUT2D eigenvalue weighted by Gasteiger charge is 2.17. The van der Waals surface area contributed by atoms with Gasteiger partial charge in [-0.3, -0.25) is 0 Å². The third-order valence-corrected chi connectivity index (χ3v) is 3.19. The van der Waals surface area contributed by atoms with E-state index in [1.54, 1.807) is 6.07 Å². The number of fused-ring (bicyclic) bond motifs is 1. The van der Waals surface area contributed by atoms with Gasteiger partial charge >= 0.3 is 0 Å². The second-order valence-electron chi connectivity index (χ2n) is 5.47. The lowest BCUT2D eigenvalue weighted by molar-refractivity contribution is 0.371. The van der Waals surface area contributed by atoms with Crippen LogP contribution in [-0.2, 0) is 0 Å². The number of nitrogens with one attached hydrogen (secondary N) is 1. The molecular formula is C16H22FNO. The molecule has 0 aliphatic rings. The lowest BCUT2D eigenvalue weighted by Gasteiger charge is -2.18. The maximum absolute atomic E-state index is 13.2. The van der Waals surface area contributed by atoms with Crippen molar-refractivity contribution >= 4 is 11.0 Å². The summed E-state index contributed by atoms with van der Waals surface area (Å²) >= 11 is 0. The van der Waals surface area contributed by atoms with Crippen LogP contribution in [0.15, 0.2) is 28.7 Å². The topological polar surface area (TPSA) is 25.2 Å². The molecule has 2 rings (SSSR count). The third kappa shape index (κ3) is 3.57. The van der Waals surface area contributed by atoms with Crippen LogP contribution in [-0.4, -0.2) is 6.54 Å². The van der Waals surface area contributed by atoms with Gasteiger partial charge in [0, 0.05) is 5.39 Å². The van der Waals surface area contributed by atoms with Gasteiger partial charge in [-0.15, -0.1) is 0 Å². The first-order valence-corrected chi connectivity index (χ1v) is 7.02. The molecule has 0 amide bonds. The molecule has 1 heterocycles. The molecule has 1 aromatic heterocycles. The van der Waals surface area contributed by atoms with E-state index < -0.39 is 0 Å². The summed E-state index contributed by atoms with van der Waals surface area (Å²) < 4.78 is 19.1. The number of benzene rings is 1. The van der Waals surface area contributed by atoms with Crippen LogP contribution in [0.4, 0.5) is 4.39 Å². The van der Waals surface area contributed by atoms with Gasteiger partial charge in [-0.05, 0) is 49.6 Å². The predicted octanol–water partition coefficient (Wildman–Crippen LogP) is 4.66. The van der Waals surface area contributed by atoms with E-state index in [9.17, 15) is 4.39 Å². The van der Waals surface area contributed by atoms with Crippen molar-refractivity contribution in [1.82, 2.24) is 5.32 Å². The second-order valence-corrected chi connectivity index (χ2v) is 5.47. The lowest BCUT2D eigenvalue weighted by Crippen LogP contribution is -2.23. The molecule has 2 aromatic rings. The minimum atomic E-state index is -0.221. The quantitative estimate of drug-likeness (QED) is 0.820. The standard InChI is InChI=1S/C16H22FNO/c1-4-7-18-14(8-11(2)3)16-10-12-9-13(17)5-6-15(12)19-16/h5-6,9-11,14,18H,4,7-8H2,1-3H3. The smallest absolute Gasteiger partial charge is 0.134 e. The van der Waals surface area contributed by atoms with Crippen LogP contribution in [0.3, 0.4) is 0 Å². The summed E-state index contributed by atoms with van der Waals surface area (Å²) in [5.41, 5.74) is 0.753. The third-order valence-electron chi connectivity index (χ3n) is 3.19. The lowest BCUT2D eigenvalue weighted by atomic mass is 10.0. The van der Waals surface area contributed by atoms with E-state index in [4.69, 9.17) is 4.42 Å². The summed E-state index contributed by atoms with van der Waals surface area (Å²) in [4.78, 5) is 0. The monoisotopic (exact) mass is 263 g/mol. The highest BCUT2D eigenvalue weighted by atomic mass is 19.1. The van der Waals surface area contributed by atoms with Crippen LogP contribution in [0.2, 0.25) is 0 Å². The molecule has 104 valence electrons. The number of rotatable bonds is 6. The fraction of sp³-hybridized carbons (Fsp3) is 0.500. The molecular weight excluding hydrogens is 241 g/mol. The Hall–Kier alpha value is -1.35. The molecule has 19 heavy (non-hydrogen) atoms. The molecule has 0 saturated heterocycles. The van der Waals surface area contributed by atoms with Gasteiger partial charge in [-0.1, -0.05) is 20.8 Å². The highest BCUT2D eigenvalue weighted by molar-refractivity contribution is 5.78. The van der Waals surface area contributed by atoms with Crippen molar-refractivity contribution in [2.45, 2.75) is 39.7 Å². The maximum Gasteiger partial charge on any atom is 0.134 e. The molecule has 0 saturated carbocycles. The zero-order valence-electron chi connectivity index (χ0n) is 11.9. The van der Waals surface area contributed by atoms with Crippen LogP contribution < -0.4 is 5.32 Å². The van der Waals surface area contributed by atoms with Crippen molar-refractivity contribution in [3.8, 4) is 0 Å². The zero-order valence-corrected chi connectivity index (χ0v) is 11.9. The molecule has 0 bridgehead atoms. The molecule has 3 heteroatoms. The van der Waals surface area contributed by atoms with E-state index >= 15 is 0 Å². The predicted molar refractivity (Wildman–Crippen MR) is 76.7 cm³/mol. The molecule has 0 spiro atoms. The van der Waals surface area contributed by atoms with Gasteiger partial charge in [0.15, 0.2) is 0 Å². The van der Waals surface area contributed by atoms with E-state index in [0.717, 1.165) is 36.1 Å². The minimum absolute atomic E-state index is 0.204. The molecule has 2 nitrogen and oxygen atoms in total. The van der Waals surface area contributed by atoms with Crippen LogP contribution in [0.5, 0.6) is 0 Å². The van der Waals surface area contributed by atoms with Crippen LogP contribution >= 0.6 is 0 Å². The Bertz CT molecular complexity index is 533. The Kier molecular flexibility index (Phi) is 4.59. The number of hydrogen-bond acceptors (Lipinski definition) is 2. The van der Waals surface area contributed by atoms with Crippen molar-refractivity contribution in [2.75, 3.05) is 6.54 Å². The fourth-order valence-electron chi connectivity index (χ4n) is 2.30.